The summed E-state index contributed by atoms with van der Waals surface area (Å²) in [7, 11) is 0. The highest BCUT2D eigenvalue weighted by Crippen LogP contribution is 2.16. The first kappa shape index (κ1) is 10.5. The van der Waals surface area contributed by atoms with E-state index in [-0.39, 0.29) is 0 Å². The molecule has 0 amide bonds. The summed E-state index contributed by atoms with van der Waals surface area (Å²) in [6, 6.07) is 6.27. The van der Waals surface area contributed by atoms with Gasteiger partial charge in [0.2, 0.25) is 0 Å². The van der Waals surface area contributed by atoms with Crippen LogP contribution in [-0.2, 0) is 0 Å². The van der Waals surface area contributed by atoms with Crippen molar-refractivity contribution in [3.63, 3.8) is 0 Å². The van der Waals surface area contributed by atoms with Crippen LogP contribution in [-0.4, -0.2) is 6.54 Å². The number of hydrogen-bond acceptors (Lipinski definition) is 1. The SMILES string of the molecule is Cc1cc(Br)ccc1/C=C/CCN. The first-order valence-corrected chi connectivity index (χ1v) is 5.16. The second kappa shape index (κ2) is 5.20. The molecule has 0 fully saturated rings. The molecule has 0 bridgehead atoms. The Bertz CT molecular complexity index is 305. The van der Waals surface area contributed by atoms with Gasteiger partial charge in [-0.3, -0.25) is 0 Å². The van der Waals surface area contributed by atoms with Crippen molar-refractivity contribution in [3.05, 3.63) is 39.9 Å². The Balaban J connectivity index is 2.77. The predicted molar refractivity (Wildman–Crippen MR) is 61.6 cm³/mol. The van der Waals surface area contributed by atoms with Crippen molar-refractivity contribution in [3.8, 4) is 0 Å². The number of aryl methyl sites for hydroxylation is 1. The molecule has 0 saturated heterocycles. The molecule has 1 rings (SSSR count). The van der Waals surface area contributed by atoms with Crippen molar-refractivity contribution >= 4 is 22.0 Å². The normalized spacial score (nSPS) is 11.0. The maximum atomic E-state index is 5.40. The lowest BCUT2D eigenvalue weighted by Gasteiger charge is -2.00. The molecule has 0 unspecified atom stereocenters. The van der Waals surface area contributed by atoms with Crippen molar-refractivity contribution in [2.45, 2.75) is 13.3 Å². The summed E-state index contributed by atoms with van der Waals surface area (Å²) in [5.74, 6) is 0. The van der Waals surface area contributed by atoms with Gasteiger partial charge in [0.1, 0.15) is 0 Å². The van der Waals surface area contributed by atoms with Gasteiger partial charge in [-0.1, -0.05) is 34.1 Å². The second-order valence-corrected chi connectivity index (χ2v) is 3.90. The minimum atomic E-state index is 0.714. The molecule has 1 nitrogen and oxygen atoms in total. The fourth-order valence-corrected chi connectivity index (χ4v) is 1.61. The number of rotatable bonds is 3. The molecule has 0 aliphatic rings. The summed E-state index contributed by atoms with van der Waals surface area (Å²) in [6.07, 6.45) is 5.17. The number of benzene rings is 1. The van der Waals surface area contributed by atoms with Gasteiger partial charge in [0.15, 0.2) is 0 Å². The summed E-state index contributed by atoms with van der Waals surface area (Å²) in [6.45, 7) is 2.82. The van der Waals surface area contributed by atoms with Crippen molar-refractivity contribution in [2.75, 3.05) is 6.54 Å². The van der Waals surface area contributed by atoms with Crippen LogP contribution in [0.15, 0.2) is 28.7 Å². The lowest BCUT2D eigenvalue weighted by atomic mass is 10.1. The van der Waals surface area contributed by atoms with Crippen LogP contribution in [0.5, 0.6) is 0 Å². The van der Waals surface area contributed by atoms with Gasteiger partial charge in [-0.15, -0.1) is 0 Å². The molecule has 0 radical (unpaired) electrons. The fraction of sp³-hybridized carbons (Fsp3) is 0.273. The Morgan fingerprint density at radius 2 is 2.23 bits per heavy atom. The third kappa shape index (κ3) is 3.33. The Kier molecular flexibility index (Phi) is 4.19. The highest BCUT2D eigenvalue weighted by atomic mass is 79.9. The van der Waals surface area contributed by atoms with E-state index in [0.717, 1.165) is 10.9 Å². The third-order valence-corrected chi connectivity index (χ3v) is 2.36. The van der Waals surface area contributed by atoms with E-state index >= 15 is 0 Å². The zero-order valence-electron chi connectivity index (χ0n) is 7.76. The van der Waals surface area contributed by atoms with Crippen LogP contribution in [0, 0.1) is 6.92 Å². The van der Waals surface area contributed by atoms with Crippen LogP contribution in [0.2, 0.25) is 0 Å². The van der Waals surface area contributed by atoms with E-state index in [2.05, 4.69) is 53.2 Å². The van der Waals surface area contributed by atoms with Crippen LogP contribution < -0.4 is 5.73 Å². The molecule has 0 spiro atoms. The van der Waals surface area contributed by atoms with Crippen molar-refractivity contribution < 1.29 is 0 Å². The van der Waals surface area contributed by atoms with Crippen molar-refractivity contribution in [1.82, 2.24) is 0 Å². The van der Waals surface area contributed by atoms with Gasteiger partial charge in [0.25, 0.3) is 0 Å². The van der Waals surface area contributed by atoms with E-state index in [9.17, 15) is 0 Å². The Morgan fingerprint density at radius 3 is 2.85 bits per heavy atom. The highest BCUT2D eigenvalue weighted by Gasteiger charge is 1.93. The fourth-order valence-electron chi connectivity index (χ4n) is 1.13. The van der Waals surface area contributed by atoms with Gasteiger partial charge >= 0.3 is 0 Å². The first-order valence-electron chi connectivity index (χ1n) is 4.37. The Morgan fingerprint density at radius 1 is 1.46 bits per heavy atom. The van der Waals surface area contributed by atoms with E-state index in [1.54, 1.807) is 0 Å². The highest BCUT2D eigenvalue weighted by molar-refractivity contribution is 9.10. The molecule has 0 aliphatic heterocycles. The second-order valence-electron chi connectivity index (χ2n) is 2.98. The van der Waals surface area contributed by atoms with Crippen LogP contribution in [0.1, 0.15) is 17.5 Å². The maximum Gasteiger partial charge on any atom is 0.0178 e. The quantitative estimate of drug-likeness (QED) is 0.863. The zero-order valence-corrected chi connectivity index (χ0v) is 9.34. The predicted octanol–water partition coefficient (Wildman–Crippen LogP) is 3.12. The van der Waals surface area contributed by atoms with Crippen molar-refractivity contribution in [2.24, 2.45) is 5.73 Å². The maximum absolute atomic E-state index is 5.40. The van der Waals surface area contributed by atoms with E-state index in [1.165, 1.54) is 11.1 Å². The van der Waals surface area contributed by atoms with Gasteiger partial charge in [0, 0.05) is 4.47 Å². The average Bonchev–Trinajstić information content (AvgIpc) is 2.09. The van der Waals surface area contributed by atoms with Gasteiger partial charge in [0.05, 0.1) is 0 Å². The summed E-state index contributed by atoms with van der Waals surface area (Å²) in [5.41, 5.74) is 7.94. The van der Waals surface area contributed by atoms with Crippen LogP contribution in [0.3, 0.4) is 0 Å². The van der Waals surface area contributed by atoms with Crippen LogP contribution in [0.4, 0.5) is 0 Å². The molecule has 2 heteroatoms. The molecular weight excluding hydrogens is 226 g/mol. The van der Waals surface area contributed by atoms with E-state index in [1.807, 2.05) is 0 Å². The standard InChI is InChI=1S/C11H14BrN/c1-9-8-11(12)6-5-10(9)4-2-3-7-13/h2,4-6,8H,3,7,13H2,1H3/b4-2+. The molecule has 0 heterocycles. The van der Waals surface area contributed by atoms with Gasteiger partial charge in [-0.05, 0) is 43.1 Å². The molecule has 1 aromatic rings. The Hall–Kier alpha value is -0.600. The molecule has 1 aromatic carbocycles. The molecule has 0 aromatic heterocycles. The summed E-state index contributed by atoms with van der Waals surface area (Å²) >= 11 is 3.43. The Labute approximate surface area is 87.8 Å². The topological polar surface area (TPSA) is 26.0 Å². The number of hydrogen-bond donors (Lipinski definition) is 1. The number of nitrogens with two attached hydrogens (primary N) is 1. The van der Waals surface area contributed by atoms with Gasteiger partial charge < -0.3 is 5.73 Å². The molecule has 0 saturated carbocycles. The molecule has 2 N–H and O–H groups in total. The minimum absolute atomic E-state index is 0.714. The lowest BCUT2D eigenvalue weighted by molar-refractivity contribution is 1.01. The molecule has 0 aliphatic carbocycles. The minimum Gasteiger partial charge on any atom is -0.330 e. The summed E-state index contributed by atoms with van der Waals surface area (Å²) < 4.78 is 1.13. The smallest absolute Gasteiger partial charge is 0.0178 e. The third-order valence-electron chi connectivity index (χ3n) is 1.86. The van der Waals surface area contributed by atoms with Crippen LogP contribution in [0.25, 0.3) is 6.08 Å². The molecule has 70 valence electrons. The molecular formula is C11H14BrN. The molecule has 13 heavy (non-hydrogen) atoms. The van der Waals surface area contributed by atoms with E-state index < -0.39 is 0 Å². The van der Waals surface area contributed by atoms with Gasteiger partial charge in [-0.25, -0.2) is 0 Å². The first-order chi connectivity index (χ1) is 6.24. The zero-order chi connectivity index (χ0) is 9.68. The van der Waals surface area contributed by atoms with E-state index in [0.29, 0.717) is 6.54 Å². The van der Waals surface area contributed by atoms with Crippen molar-refractivity contribution in [1.29, 1.82) is 0 Å². The average molecular weight is 240 g/mol. The van der Waals surface area contributed by atoms with E-state index in [4.69, 9.17) is 5.73 Å². The largest absolute Gasteiger partial charge is 0.330 e. The number of halogens is 1. The summed E-state index contributed by atoms with van der Waals surface area (Å²) in [4.78, 5) is 0. The van der Waals surface area contributed by atoms with Crippen LogP contribution >= 0.6 is 15.9 Å². The molecule has 0 atom stereocenters. The monoisotopic (exact) mass is 239 g/mol. The van der Waals surface area contributed by atoms with Gasteiger partial charge in [-0.2, -0.15) is 0 Å². The summed E-state index contributed by atoms with van der Waals surface area (Å²) in [5, 5.41) is 0. The lowest BCUT2D eigenvalue weighted by Crippen LogP contribution is -1.95.